The van der Waals surface area contributed by atoms with E-state index >= 15 is 0 Å². The van der Waals surface area contributed by atoms with E-state index in [4.69, 9.17) is 18.0 Å². The Labute approximate surface area is 120 Å². The van der Waals surface area contributed by atoms with Crippen LogP contribution >= 0.6 is 24.0 Å². The molecule has 1 fully saturated rings. The standard InChI is InChI=1S/C13H24N2OS2/c1-5-13(6-2,10(14)17)11(16)15-7-8-18-12(3,4)9-15/h5-9H2,1-4H3,(H2,14,17). The Bertz CT molecular complexity index is 338. The summed E-state index contributed by atoms with van der Waals surface area (Å²) in [5, 5.41) is 0. The number of nitrogens with zero attached hydrogens (tertiary/aromatic N) is 1. The van der Waals surface area contributed by atoms with Gasteiger partial charge in [-0.05, 0) is 26.7 Å². The lowest BCUT2D eigenvalue weighted by Gasteiger charge is -2.42. The second-order valence-corrected chi connectivity index (χ2v) is 7.73. The quantitative estimate of drug-likeness (QED) is 0.807. The van der Waals surface area contributed by atoms with E-state index in [2.05, 4.69) is 13.8 Å². The minimum atomic E-state index is -0.645. The van der Waals surface area contributed by atoms with Crippen molar-refractivity contribution in [3.8, 4) is 0 Å². The lowest BCUT2D eigenvalue weighted by molar-refractivity contribution is -0.139. The highest BCUT2D eigenvalue weighted by Crippen LogP contribution is 2.35. The fraction of sp³-hybridized carbons (Fsp3) is 0.846. The summed E-state index contributed by atoms with van der Waals surface area (Å²) in [7, 11) is 0. The third-order valence-electron chi connectivity index (χ3n) is 3.80. The van der Waals surface area contributed by atoms with Crippen LogP contribution in [-0.4, -0.2) is 39.4 Å². The number of thiocarbonyl (C=S) groups is 1. The first-order chi connectivity index (χ1) is 8.29. The number of nitrogens with two attached hydrogens (primary N) is 1. The molecule has 104 valence electrons. The van der Waals surface area contributed by atoms with E-state index in [0.717, 1.165) is 18.8 Å². The zero-order valence-corrected chi connectivity index (χ0v) is 13.4. The van der Waals surface area contributed by atoms with E-state index in [9.17, 15) is 4.79 Å². The molecule has 2 N–H and O–H groups in total. The molecule has 0 aromatic heterocycles. The Hall–Kier alpha value is -0.290. The minimum Gasteiger partial charge on any atom is -0.392 e. The van der Waals surface area contributed by atoms with Gasteiger partial charge in [0, 0.05) is 23.6 Å². The molecule has 1 rings (SSSR count). The van der Waals surface area contributed by atoms with Gasteiger partial charge in [-0.2, -0.15) is 11.8 Å². The van der Waals surface area contributed by atoms with E-state index in [0.29, 0.717) is 17.8 Å². The van der Waals surface area contributed by atoms with Crippen molar-refractivity contribution in [2.45, 2.75) is 45.3 Å². The predicted molar refractivity (Wildman–Crippen MR) is 82.9 cm³/mol. The van der Waals surface area contributed by atoms with Crippen molar-refractivity contribution in [2.75, 3.05) is 18.8 Å². The van der Waals surface area contributed by atoms with Crippen LogP contribution in [0.2, 0.25) is 0 Å². The summed E-state index contributed by atoms with van der Waals surface area (Å²) in [5.41, 5.74) is 5.20. The highest BCUT2D eigenvalue weighted by atomic mass is 32.2. The van der Waals surface area contributed by atoms with Crippen molar-refractivity contribution in [1.29, 1.82) is 0 Å². The van der Waals surface area contributed by atoms with Crippen molar-refractivity contribution in [2.24, 2.45) is 11.1 Å². The van der Waals surface area contributed by atoms with Crippen LogP contribution in [0.5, 0.6) is 0 Å². The van der Waals surface area contributed by atoms with Crippen LogP contribution in [0.25, 0.3) is 0 Å². The van der Waals surface area contributed by atoms with Gasteiger partial charge in [-0.15, -0.1) is 0 Å². The summed E-state index contributed by atoms with van der Waals surface area (Å²) in [5.74, 6) is 1.10. The Balaban J connectivity index is 2.94. The number of rotatable bonds is 4. The van der Waals surface area contributed by atoms with Crippen molar-refractivity contribution in [3.05, 3.63) is 0 Å². The van der Waals surface area contributed by atoms with Gasteiger partial charge >= 0.3 is 0 Å². The molecule has 0 aromatic rings. The first kappa shape index (κ1) is 15.8. The molecule has 5 heteroatoms. The molecule has 0 saturated carbocycles. The Morgan fingerprint density at radius 1 is 1.44 bits per heavy atom. The van der Waals surface area contributed by atoms with Gasteiger partial charge in [0.25, 0.3) is 0 Å². The summed E-state index contributed by atoms with van der Waals surface area (Å²) in [6, 6.07) is 0. The van der Waals surface area contributed by atoms with Crippen molar-refractivity contribution >= 4 is 34.9 Å². The maximum absolute atomic E-state index is 12.8. The number of carbonyl (C=O) groups excluding carboxylic acids is 1. The highest BCUT2D eigenvalue weighted by molar-refractivity contribution is 8.00. The molecule has 1 aliphatic heterocycles. The number of carbonyl (C=O) groups is 1. The van der Waals surface area contributed by atoms with Crippen LogP contribution in [0.4, 0.5) is 0 Å². The molecule has 1 heterocycles. The Kier molecular flexibility index (Phi) is 5.06. The number of thioether (sulfide) groups is 1. The summed E-state index contributed by atoms with van der Waals surface area (Å²) in [6.07, 6.45) is 1.36. The average molecular weight is 288 g/mol. The van der Waals surface area contributed by atoms with E-state index < -0.39 is 5.41 Å². The number of amides is 1. The van der Waals surface area contributed by atoms with Gasteiger partial charge in [0.15, 0.2) is 0 Å². The molecule has 0 unspecified atom stereocenters. The van der Waals surface area contributed by atoms with Gasteiger partial charge in [-0.25, -0.2) is 0 Å². The van der Waals surface area contributed by atoms with Crippen molar-refractivity contribution < 1.29 is 4.79 Å². The molecule has 0 bridgehead atoms. The van der Waals surface area contributed by atoms with Crippen LogP contribution in [-0.2, 0) is 4.79 Å². The molecule has 0 aromatic carbocycles. The molecule has 3 nitrogen and oxygen atoms in total. The zero-order chi connectivity index (χ0) is 14.0. The molecule has 1 amide bonds. The van der Waals surface area contributed by atoms with Gasteiger partial charge in [0.05, 0.1) is 10.4 Å². The van der Waals surface area contributed by atoms with E-state index in [1.165, 1.54) is 0 Å². The Morgan fingerprint density at radius 2 is 2.00 bits per heavy atom. The number of hydrogen-bond donors (Lipinski definition) is 1. The minimum absolute atomic E-state index is 0.119. The monoisotopic (exact) mass is 288 g/mol. The lowest BCUT2D eigenvalue weighted by atomic mass is 9.80. The van der Waals surface area contributed by atoms with Gasteiger partial charge in [-0.1, -0.05) is 26.1 Å². The van der Waals surface area contributed by atoms with Crippen LogP contribution in [0.1, 0.15) is 40.5 Å². The molecule has 1 saturated heterocycles. The van der Waals surface area contributed by atoms with Crippen LogP contribution < -0.4 is 5.73 Å². The van der Waals surface area contributed by atoms with Gasteiger partial charge < -0.3 is 10.6 Å². The van der Waals surface area contributed by atoms with E-state index in [-0.39, 0.29) is 10.7 Å². The highest BCUT2D eigenvalue weighted by Gasteiger charge is 2.43. The van der Waals surface area contributed by atoms with Gasteiger partial charge in [-0.3, -0.25) is 4.79 Å². The normalized spacial score (nSPS) is 19.7. The van der Waals surface area contributed by atoms with E-state index in [1.54, 1.807) is 0 Å². The first-order valence-electron chi connectivity index (χ1n) is 6.52. The molecular formula is C13H24N2OS2. The van der Waals surface area contributed by atoms with Gasteiger partial charge in [0.2, 0.25) is 5.91 Å². The molecule has 0 aliphatic carbocycles. The fourth-order valence-corrected chi connectivity index (χ4v) is 3.99. The molecule has 0 spiro atoms. The van der Waals surface area contributed by atoms with Crippen LogP contribution in [0.3, 0.4) is 0 Å². The molecule has 0 atom stereocenters. The fourth-order valence-electron chi connectivity index (χ4n) is 2.50. The molecule has 0 radical (unpaired) electrons. The maximum atomic E-state index is 12.8. The summed E-state index contributed by atoms with van der Waals surface area (Å²) >= 11 is 7.07. The third kappa shape index (κ3) is 2.99. The zero-order valence-electron chi connectivity index (χ0n) is 11.8. The van der Waals surface area contributed by atoms with Gasteiger partial charge in [0.1, 0.15) is 0 Å². The second kappa shape index (κ2) is 5.78. The van der Waals surface area contributed by atoms with Crippen LogP contribution in [0, 0.1) is 5.41 Å². The average Bonchev–Trinajstić information content (AvgIpc) is 2.29. The molecule has 18 heavy (non-hydrogen) atoms. The second-order valence-electron chi connectivity index (χ2n) is 5.49. The number of hydrogen-bond acceptors (Lipinski definition) is 3. The molecular weight excluding hydrogens is 264 g/mol. The smallest absolute Gasteiger partial charge is 0.235 e. The van der Waals surface area contributed by atoms with Crippen molar-refractivity contribution in [1.82, 2.24) is 4.90 Å². The lowest BCUT2D eigenvalue weighted by Crippen LogP contribution is -2.55. The summed E-state index contributed by atoms with van der Waals surface area (Å²) < 4.78 is 0.122. The predicted octanol–water partition coefficient (Wildman–Crippen LogP) is 2.43. The SMILES string of the molecule is CCC(CC)(C(=O)N1CCSC(C)(C)C1)C(N)=S. The summed E-state index contributed by atoms with van der Waals surface area (Å²) in [6.45, 7) is 9.92. The summed E-state index contributed by atoms with van der Waals surface area (Å²) in [4.78, 5) is 15.0. The van der Waals surface area contributed by atoms with Crippen molar-refractivity contribution in [3.63, 3.8) is 0 Å². The first-order valence-corrected chi connectivity index (χ1v) is 7.91. The molecule has 1 aliphatic rings. The van der Waals surface area contributed by atoms with Crippen LogP contribution in [0.15, 0.2) is 0 Å². The van der Waals surface area contributed by atoms with E-state index in [1.807, 2.05) is 30.5 Å². The largest absolute Gasteiger partial charge is 0.392 e. The maximum Gasteiger partial charge on any atom is 0.235 e. The topological polar surface area (TPSA) is 46.3 Å². The Morgan fingerprint density at radius 3 is 2.39 bits per heavy atom. The third-order valence-corrected chi connectivity index (χ3v) is 5.49.